The number of phenols is 1. The van der Waals surface area contributed by atoms with Crippen molar-refractivity contribution in [3.8, 4) is 5.75 Å². The summed E-state index contributed by atoms with van der Waals surface area (Å²) >= 11 is 0. The van der Waals surface area contributed by atoms with Crippen LogP contribution in [-0.4, -0.2) is 41.5 Å². The van der Waals surface area contributed by atoms with Crippen LogP contribution < -0.4 is 0 Å². The van der Waals surface area contributed by atoms with Gasteiger partial charge in [0.05, 0.1) is 0 Å². The molecule has 0 radical (unpaired) electrons. The molecule has 0 aromatic heterocycles. The summed E-state index contributed by atoms with van der Waals surface area (Å²) in [5.41, 5.74) is 3.18. The second-order valence-corrected chi connectivity index (χ2v) is 5.30. The van der Waals surface area contributed by atoms with E-state index < -0.39 is 0 Å². The number of likely N-dealkylation sites (N-methyl/N-ethyl adjacent to an activating group) is 1. The molecular weight excluding hydrogens is 254 g/mol. The molecule has 0 fully saturated rings. The van der Waals surface area contributed by atoms with Crippen LogP contribution in [0.5, 0.6) is 5.75 Å². The van der Waals surface area contributed by atoms with Gasteiger partial charge in [0.25, 0.3) is 0 Å². The third-order valence-corrected chi connectivity index (χ3v) is 3.50. The van der Waals surface area contributed by atoms with E-state index in [0.29, 0.717) is 28.8 Å². The van der Waals surface area contributed by atoms with Crippen molar-refractivity contribution < 1.29 is 15.0 Å². The van der Waals surface area contributed by atoms with Crippen LogP contribution in [0.25, 0.3) is 11.6 Å². The van der Waals surface area contributed by atoms with Crippen molar-refractivity contribution >= 4 is 17.4 Å². The van der Waals surface area contributed by atoms with Crippen LogP contribution in [0, 0.1) is 0 Å². The number of nitrogens with zero attached hydrogens (tertiary/aromatic N) is 1. The summed E-state index contributed by atoms with van der Waals surface area (Å²) < 4.78 is 0. The van der Waals surface area contributed by atoms with E-state index >= 15 is 0 Å². The predicted octanol–water partition coefficient (Wildman–Crippen LogP) is 2.13. The minimum atomic E-state index is -0.380. The normalized spacial score (nSPS) is 17.1. The Kier molecular flexibility index (Phi) is 2.76. The summed E-state index contributed by atoms with van der Waals surface area (Å²) in [4.78, 5) is 14.1. The van der Waals surface area contributed by atoms with Crippen molar-refractivity contribution in [1.82, 2.24) is 4.90 Å². The molecule has 2 aliphatic carbocycles. The highest BCUT2D eigenvalue weighted by Crippen LogP contribution is 2.44. The fraction of sp³-hybridized carbons (Fsp3) is 0.188. The molecule has 0 saturated heterocycles. The molecule has 0 bridgehead atoms. The van der Waals surface area contributed by atoms with Gasteiger partial charge >= 0.3 is 0 Å². The summed E-state index contributed by atoms with van der Waals surface area (Å²) in [6.45, 7) is 0.470. The van der Waals surface area contributed by atoms with Gasteiger partial charge in [-0.15, -0.1) is 0 Å². The second kappa shape index (κ2) is 4.35. The number of carbonyl (C=O) groups excluding carboxylic acids is 1. The lowest BCUT2D eigenvalue weighted by molar-refractivity contribution is -0.114. The highest BCUT2D eigenvalue weighted by molar-refractivity contribution is 6.25. The first-order valence-corrected chi connectivity index (χ1v) is 6.36. The first kappa shape index (κ1) is 12.7. The van der Waals surface area contributed by atoms with Gasteiger partial charge in [0.2, 0.25) is 5.78 Å². The van der Waals surface area contributed by atoms with Crippen LogP contribution in [0.2, 0.25) is 0 Å². The molecule has 0 aliphatic heterocycles. The lowest BCUT2D eigenvalue weighted by atomic mass is 9.90. The smallest absolute Gasteiger partial charge is 0.228 e. The predicted molar refractivity (Wildman–Crippen MR) is 77.3 cm³/mol. The quantitative estimate of drug-likeness (QED) is 0.863. The van der Waals surface area contributed by atoms with Crippen LogP contribution in [0.4, 0.5) is 0 Å². The van der Waals surface area contributed by atoms with Gasteiger partial charge in [0, 0.05) is 23.3 Å². The second-order valence-electron chi connectivity index (χ2n) is 5.30. The molecule has 1 aromatic rings. The molecule has 0 unspecified atom stereocenters. The maximum Gasteiger partial charge on any atom is 0.228 e. The number of fused-ring (bicyclic) bond motifs is 3. The molecule has 0 spiro atoms. The summed E-state index contributed by atoms with van der Waals surface area (Å²) in [6.07, 6.45) is 3.50. The zero-order valence-electron chi connectivity index (χ0n) is 11.3. The van der Waals surface area contributed by atoms with Crippen molar-refractivity contribution in [1.29, 1.82) is 0 Å². The summed E-state index contributed by atoms with van der Waals surface area (Å²) in [6, 6.07) is 5.18. The van der Waals surface area contributed by atoms with E-state index in [-0.39, 0.29) is 17.3 Å². The molecule has 102 valence electrons. The molecule has 20 heavy (non-hydrogen) atoms. The molecule has 3 rings (SSSR count). The molecule has 0 heterocycles. The van der Waals surface area contributed by atoms with Crippen molar-refractivity contribution in [2.24, 2.45) is 0 Å². The fourth-order valence-electron chi connectivity index (χ4n) is 2.65. The molecular formula is C16H15NO3. The molecule has 4 heteroatoms. The van der Waals surface area contributed by atoms with E-state index in [1.54, 1.807) is 24.3 Å². The van der Waals surface area contributed by atoms with Gasteiger partial charge in [0.1, 0.15) is 5.75 Å². The van der Waals surface area contributed by atoms with E-state index in [4.69, 9.17) is 0 Å². The van der Waals surface area contributed by atoms with Crippen molar-refractivity contribution in [3.63, 3.8) is 0 Å². The van der Waals surface area contributed by atoms with Gasteiger partial charge in [-0.2, -0.15) is 0 Å². The molecule has 2 N–H and O–H groups in total. The van der Waals surface area contributed by atoms with Gasteiger partial charge in [-0.05, 0) is 43.5 Å². The lowest BCUT2D eigenvalue weighted by Crippen LogP contribution is -2.21. The average Bonchev–Trinajstić information content (AvgIpc) is 2.75. The Balaban J connectivity index is 2.17. The Hall–Kier alpha value is -2.33. The number of aromatic hydroxyl groups is 1. The van der Waals surface area contributed by atoms with Gasteiger partial charge in [-0.1, -0.05) is 12.1 Å². The number of Topliss-reactive ketones (excluding diaryl/α,β-unsaturated/α-hetero) is 1. The van der Waals surface area contributed by atoms with Gasteiger partial charge < -0.3 is 15.1 Å². The minimum absolute atomic E-state index is 0.151. The number of rotatable bonds is 2. The van der Waals surface area contributed by atoms with Gasteiger partial charge in [-0.25, -0.2) is 0 Å². The zero-order valence-corrected chi connectivity index (χ0v) is 11.3. The van der Waals surface area contributed by atoms with Crippen molar-refractivity contribution in [2.75, 3.05) is 20.6 Å². The number of allylic oxidation sites excluding steroid dienone is 2. The standard InChI is InChI=1S/C16H15NO3/c1-17(2)8-10-7-11-12(16(20)15(10)19)6-9-4-3-5-13(18)14(9)11/h3-7,18-19H,8H2,1-2H3. The van der Waals surface area contributed by atoms with Crippen molar-refractivity contribution in [3.05, 3.63) is 52.3 Å². The van der Waals surface area contributed by atoms with E-state index in [0.717, 1.165) is 5.56 Å². The number of carbonyl (C=O) groups is 1. The number of hydrogen-bond acceptors (Lipinski definition) is 4. The monoisotopic (exact) mass is 269 g/mol. The van der Waals surface area contributed by atoms with Crippen LogP contribution in [0.1, 0.15) is 11.1 Å². The third kappa shape index (κ3) is 1.77. The number of aliphatic hydroxyl groups excluding tert-OH is 1. The minimum Gasteiger partial charge on any atom is -0.507 e. The highest BCUT2D eigenvalue weighted by atomic mass is 16.3. The first-order valence-electron chi connectivity index (χ1n) is 6.36. The molecule has 4 nitrogen and oxygen atoms in total. The van der Waals surface area contributed by atoms with E-state index in [1.165, 1.54) is 0 Å². The summed E-state index contributed by atoms with van der Waals surface area (Å²) in [7, 11) is 3.74. The Labute approximate surface area is 117 Å². The van der Waals surface area contributed by atoms with E-state index in [2.05, 4.69) is 0 Å². The maximum absolute atomic E-state index is 12.3. The Morgan fingerprint density at radius 2 is 1.85 bits per heavy atom. The molecule has 0 saturated carbocycles. The number of phenolic OH excluding ortho intramolecular Hbond substituents is 1. The number of ketones is 1. The van der Waals surface area contributed by atoms with Crippen molar-refractivity contribution in [2.45, 2.75) is 0 Å². The van der Waals surface area contributed by atoms with Crippen LogP contribution in [0.15, 0.2) is 41.2 Å². The third-order valence-electron chi connectivity index (χ3n) is 3.50. The summed E-state index contributed by atoms with van der Waals surface area (Å²) in [5, 5.41) is 20.1. The summed E-state index contributed by atoms with van der Waals surface area (Å²) in [5.74, 6) is -0.436. The van der Waals surface area contributed by atoms with Crippen LogP contribution in [-0.2, 0) is 4.79 Å². The zero-order chi connectivity index (χ0) is 14.4. The number of hydrogen-bond donors (Lipinski definition) is 2. The largest absolute Gasteiger partial charge is 0.507 e. The number of aliphatic hydroxyl groups is 1. The molecule has 0 amide bonds. The van der Waals surface area contributed by atoms with E-state index in [1.807, 2.05) is 25.1 Å². The SMILES string of the molecule is CN(C)CC1=C(O)C(=O)C2=Cc3cccc(O)c3C2=C1. The number of benzene rings is 1. The fourth-order valence-corrected chi connectivity index (χ4v) is 2.65. The Bertz CT molecular complexity index is 708. The topological polar surface area (TPSA) is 60.8 Å². The average molecular weight is 269 g/mol. The Morgan fingerprint density at radius 1 is 1.10 bits per heavy atom. The maximum atomic E-state index is 12.3. The first-order chi connectivity index (χ1) is 9.49. The molecule has 1 aromatic carbocycles. The molecule has 0 atom stereocenters. The van der Waals surface area contributed by atoms with E-state index in [9.17, 15) is 15.0 Å². The van der Waals surface area contributed by atoms with Gasteiger partial charge in [-0.3, -0.25) is 4.79 Å². The van der Waals surface area contributed by atoms with Gasteiger partial charge in [0.15, 0.2) is 5.76 Å². The van der Waals surface area contributed by atoms with Crippen LogP contribution >= 0.6 is 0 Å². The van der Waals surface area contributed by atoms with Crippen LogP contribution in [0.3, 0.4) is 0 Å². The molecule has 2 aliphatic rings. The highest BCUT2D eigenvalue weighted by Gasteiger charge is 2.32. The Morgan fingerprint density at radius 3 is 2.55 bits per heavy atom. The lowest BCUT2D eigenvalue weighted by Gasteiger charge is -2.19.